The smallest absolute Gasteiger partial charge is 0.271 e. The fourth-order valence-corrected chi connectivity index (χ4v) is 10.9. The maximum Gasteiger partial charge on any atom is 0.271 e. The number of rotatable bonds is 22. The molecule has 0 bridgehead atoms. The molecule has 0 amide bonds. The second-order valence-electron chi connectivity index (χ2n) is 21.6. The number of nitro groups is 1. The molecule has 0 aliphatic carbocycles. The molecule has 0 aromatic heterocycles. The SMILES string of the molecule is O=[N+]([O-])c1ccc(O[C@@H]2O[C@H](CO)[C@@H](O[C@H]3O[C@H](CO)[C@@H](O[C@H]4O[C@H](CO[C@H]5O[C@H](CO)[C@@H](O[C@H]6O[C@H](CO)[C@@H](O[C@H]7O[C@H](CO[C@H]8O[C@H](CO)[C@@H](O)[C@H](O)[C@H]8O)[C@@H](O)[C@H](O)[C@H]7O)[C@H](O)[C@H]6O)[C@H](O)[C@H]5O)[C@@H](O)[C@H](O)[C@H]4O)[C@H](O)[C@H]3O)[C@H](O)[C@H]2O)c(Cl)c1. The molecule has 22 N–H and O–H groups in total. The summed E-state index contributed by atoms with van der Waals surface area (Å²) in [6, 6.07) is 3.04. The van der Waals surface area contributed by atoms with Gasteiger partial charge in [0.1, 0.15) is 177 Å². The van der Waals surface area contributed by atoms with E-state index >= 15 is 0 Å². The third-order valence-electron chi connectivity index (χ3n) is 15.9. The third kappa shape index (κ3) is 14.9. The minimum atomic E-state index is -2.21. The Balaban J connectivity index is 0.843. The van der Waals surface area contributed by atoms with Crippen molar-refractivity contribution in [2.75, 3.05) is 46.2 Å². The number of nitrogens with zero attached hydrogens (tertiary/aromatic N) is 1. The van der Waals surface area contributed by atoms with E-state index < -0.39 is 272 Å². The second kappa shape index (κ2) is 30.6. The van der Waals surface area contributed by atoms with Gasteiger partial charge in [0, 0.05) is 12.1 Å². The summed E-state index contributed by atoms with van der Waals surface area (Å²) in [6.07, 6.45) is -67.6. The van der Waals surface area contributed by atoms with Gasteiger partial charge in [-0.3, -0.25) is 10.1 Å². The number of halogens is 1. The van der Waals surface area contributed by atoms with Gasteiger partial charge < -0.3 is 179 Å². The van der Waals surface area contributed by atoms with Crippen LogP contribution in [0.5, 0.6) is 5.75 Å². The molecule has 8 rings (SSSR count). The summed E-state index contributed by atoms with van der Waals surface area (Å²) >= 11 is 6.08. The number of ether oxygens (including phenoxy) is 14. The summed E-state index contributed by atoms with van der Waals surface area (Å²) < 4.78 is 78.2. The molecule has 40 heteroatoms. The van der Waals surface area contributed by atoms with E-state index in [0.717, 1.165) is 18.2 Å². The molecule has 506 valence electrons. The highest BCUT2D eigenvalue weighted by atomic mass is 35.5. The van der Waals surface area contributed by atoms with E-state index in [1.807, 2.05) is 0 Å². The second-order valence-corrected chi connectivity index (χ2v) is 22.0. The Kier molecular flexibility index (Phi) is 24.7. The Morgan fingerprint density at radius 2 is 0.636 bits per heavy atom. The van der Waals surface area contributed by atoms with E-state index in [0.29, 0.717) is 0 Å². The summed E-state index contributed by atoms with van der Waals surface area (Å²) in [5.41, 5.74) is -0.404. The lowest BCUT2D eigenvalue weighted by Crippen LogP contribution is -2.67. The van der Waals surface area contributed by atoms with Gasteiger partial charge in [-0.2, -0.15) is 0 Å². The van der Waals surface area contributed by atoms with E-state index in [4.69, 9.17) is 77.9 Å². The van der Waals surface area contributed by atoms with Crippen molar-refractivity contribution in [1.29, 1.82) is 0 Å². The fourth-order valence-electron chi connectivity index (χ4n) is 10.7. The summed E-state index contributed by atoms with van der Waals surface area (Å²) in [7, 11) is 0. The van der Waals surface area contributed by atoms with Crippen LogP contribution in [0.3, 0.4) is 0 Å². The Hall–Kier alpha value is -2.69. The van der Waals surface area contributed by atoms with Crippen molar-refractivity contribution in [3.8, 4) is 5.75 Å². The van der Waals surface area contributed by atoms with Crippen molar-refractivity contribution < 1.29 is 184 Å². The molecular formula is C48H74ClNO38. The minimum absolute atomic E-state index is 0.233. The van der Waals surface area contributed by atoms with E-state index in [2.05, 4.69) is 0 Å². The Labute approximate surface area is 500 Å². The van der Waals surface area contributed by atoms with Gasteiger partial charge in [0.25, 0.3) is 5.69 Å². The first kappa shape index (κ1) is 71.2. The molecule has 7 aliphatic heterocycles. The zero-order chi connectivity index (χ0) is 64.5. The van der Waals surface area contributed by atoms with Crippen LogP contribution in [0, 0.1) is 10.1 Å². The van der Waals surface area contributed by atoms with E-state index in [9.17, 15) is 122 Å². The summed E-state index contributed by atoms with van der Waals surface area (Å²) in [6.45, 7) is -6.59. The minimum Gasteiger partial charge on any atom is -0.460 e. The standard InChI is InChI=1S/C48H74ClNO38/c49-12-3-11(50(73)74)1-2-13(12)77-44-35(70)28(63)39(16(6-53)80-44)88-48-37(72)30(65)41(18(8-55)82-48)86-46-33(68)26(61)23(58)20(84-46)10-76-43-34(69)27(62)38(15(5-52)79-43)87-47-36(71)29(64)40(17(7-54)81-47)85-45-32(67)25(60)22(57)19(83-45)9-75-42-31(66)24(59)21(56)14(4-51)78-42/h1-3,14-48,51-72H,4-10H2/t14-,15-,16-,17-,18-,19-,20-,21-,22-,23-,24+,25+,26+,27-,28-,29-,30-,31-,32-,33-,34-,35-,36-,37-,38-,39-,40-,41-,42+,43+,44-,45-,46-,47-,48-/m1/s1. The molecule has 35 atom stereocenters. The van der Waals surface area contributed by atoms with Gasteiger partial charge in [0.15, 0.2) is 37.7 Å². The number of hydrogen-bond donors (Lipinski definition) is 22. The lowest BCUT2D eigenvalue weighted by molar-refractivity contribution is -0.386. The van der Waals surface area contributed by atoms with E-state index in [1.54, 1.807) is 0 Å². The summed E-state index contributed by atoms with van der Waals surface area (Å²) in [5.74, 6) is -0.233. The molecular weight excluding hydrogens is 1230 g/mol. The van der Waals surface area contributed by atoms with Crippen LogP contribution in [-0.4, -0.2) is 378 Å². The quantitative estimate of drug-likeness (QED) is 0.0379. The largest absolute Gasteiger partial charge is 0.460 e. The molecule has 0 radical (unpaired) electrons. The lowest BCUT2D eigenvalue weighted by atomic mass is 9.95. The predicted octanol–water partition coefficient (Wildman–Crippen LogP) is -13.6. The molecule has 0 spiro atoms. The molecule has 7 fully saturated rings. The van der Waals surface area contributed by atoms with Crippen LogP contribution < -0.4 is 4.74 Å². The van der Waals surface area contributed by atoms with Crippen LogP contribution in [0.15, 0.2) is 18.2 Å². The molecule has 1 aromatic rings. The normalized spacial score (nSPS) is 48.6. The van der Waals surface area contributed by atoms with Crippen LogP contribution in [0.2, 0.25) is 5.02 Å². The Bertz CT molecular complexity index is 2360. The number of nitro benzene ring substituents is 1. The van der Waals surface area contributed by atoms with E-state index in [-0.39, 0.29) is 10.8 Å². The molecule has 1 aromatic carbocycles. The lowest BCUT2D eigenvalue weighted by Gasteiger charge is -2.48. The average molecular weight is 1310 g/mol. The Morgan fingerprint density at radius 1 is 0.364 bits per heavy atom. The van der Waals surface area contributed by atoms with Crippen LogP contribution >= 0.6 is 11.6 Å². The summed E-state index contributed by atoms with van der Waals surface area (Å²) in [4.78, 5) is 10.4. The molecule has 7 aliphatic rings. The van der Waals surface area contributed by atoms with Gasteiger partial charge in [-0.15, -0.1) is 0 Å². The number of aliphatic hydroxyl groups excluding tert-OH is 22. The predicted molar refractivity (Wildman–Crippen MR) is 268 cm³/mol. The maximum absolute atomic E-state index is 11.3. The van der Waals surface area contributed by atoms with Gasteiger partial charge >= 0.3 is 0 Å². The molecule has 7 heterocycles. The van der Waals surface area contributed by atoms with Gasteiger partial charge in [-0.05, 0) is 6.07 Å². The zero-order valence-corrected chi connectivity index (χ0v) is 46.3. The van der Waals surface area contributed by atoms with Crippen molar-refractivity contribution in [2.24, 2.45) is 0 Å². The van der Waals surface area contributed by atoms with Crippen LogP contribution in [0.4, 0.5) is 5.69 Å². The number of hydrogen-bond acceptors (Lipinski definition) is 38. The molecule has 39 nitrogen and oxygen atoms in total. The number of aliphatic hydroxyl groups is 22. The number of non-ortho nitro benzene ring substituents is 1. The molecule has 7 saturated heterocycles. The van der Waals surface area contributed by atoms with E-state index in [1.165, 1.54) is 0 Å². The highest BCUT2D eigenvalue weighted by Crippen LogP contribution is 2.38. The van der Waals surface area contributed by atoms with Crippen molar-refractivity contribution >= 4 is 17.3 Å². The van der Waals surface area contributed by atoms with Gasteiger partial charge in [-0.1, -0.05) is 11.6 Å². The van der Waals surface area contributed by atoms with Crippen molar-refractivity contribution in [3.63, 3.8) is 0 Å². The third-order valence-corrected chi connectivity index (χ3v) is 16.1. The monoisotopic (exact) mass is 1310 g/mol. The first-order valence-corrected chi connectivity index (χ1v) is 27.7. The topological polar surface area (TPSA) is 617 Å². The molecule has 0 unspecified atom stereocenters. The molecule has 88 heavy (non-hydrogen) atoms. The zero-order valence-electron chi connectivity index (χ0n) is 45.6. The van der Waals surface area contributed by atoms with Crippen molar-refractivity contribution in [2.45, 2.75) is 215 Å². The van der Waals surface area contributed by atoms with Gasteiger partial charge in [0.2, 0.25) is 6.29 Å². The van der Waals surface area contributed by atoms with Crippen LogP contribution in [0.1, 0.15) is 0 Å². The average Bonchev–Trinajstić information content (AvgIpc) is 2.86. The fraction of sp³-hybridized carbons (Fsp3) is 0.875. The first-order chi connectivity index (χ1) is 41.7. The number of benzene rings is 1. The molecule has 0 saturated carbocycles. The highest BCUT2D eigenvalue weighted by Gasteiger charge is 2.57. The van der Waals surface area contributed by atoms with Crippen molar-refractivity contribution in [3.05, 3.63) is 33.3 Å². The van der Waals surface area contributed by atoms with Gasteiger partial charge in [-0.25, -0.2) is 0 Å². The maximum atomic E-state index is 11.3. The first-order valence-electron chi connectivity index (χ1n) is 27.4. The Morgan fingerprint density at radius 3 is 0.977 bits per heavy atom. The highest BCUT2D eigenvalue weighted by molar-refractivity contribution is 6.32. The van der Waals surface area contributed by atoms with Crippen LogP contribution in [-0.2, 0) is 61.6 Å². The summed E-state index contributed by atoms with van der Waals surface area (Å²) in [5, 5.41) is 246. The van der Waals surface area contributed by atoms with Gasteiger partial charge in [0.05, 0.1) is 56.2 Å². The van der Waals surface area contributed by atoms with Crippen molar-refractivity contribution in [1.82, 2.24) is 0 Å². The van der Waals surface area contributed by atoms with Crippen LogP contribution in [0.25, 0.3) is 0 Å².